The van der Waals surface area contributed by atoms with Crippen LogP contribution < -0.4 is 9.64 Å². The summed E-state index contributed by atoms with van der Waals surface area (Å²) < 4.78 is 15.6. The number of amides is 1. The van der Waals surface area contributed by atoms with Gasteiger partial charge in [-0.05, 0) is 67.1 Å². The molecule has 0 bridgehead atoms. The molecule has 3 aromatic rings. The Hall–Kier alpha value is -4.79. The molecule has 1 aliphatic rings. The van der Waals surface area contributed by atoms with Gasteiger partial charge in [0.05, 0.1) is 23.7 Å². The molecule has 0 radical (unpaired) electrons. The first kappa shape index (κ1) is 27.3. The van der Waals surface area contributed by atoms with Gasteiger partial charge in [0.2, 0.25) is 5.91 Å². The van der Waals surface area contributed by atoms with E-state index in [0.29, 0.717) is 29.8 Å². The van der Waals surface area contributed by atoms with Crippen molar-refractivity contribution < 1.29 is 38.2 Å². The van der Waals surface area contributed by atoms with Gasteiger partial charge in [0, 0.05) is 24.2 Å². The molecule has 1 amide bonds. The van der Waals surface area contributed by atoms with Crippen LogP contribution in [-0.4, -0.2) is 49.4 Å². The summed E-state index contributed by atoms with van der Waals surface area (Å²) in [7, 11) is 0. The maximum absolute atomic E-state index is 12.6. The lowest BCUT2D eigenvalue weighted by Gasteiger charge is -2.17. The number of hydrogen-bond donors (Lipinski definition) is 0. The maximum atomic E-state index is 12.6. The van der Waals surface area contributed by atoms with Gasteiger partial charge in [0.1, 0.15) is 5.75 Å². The molecule has 3 aromatic carbocycles. The lowest BCUT2D eigenvalue weighted by molar-refractivity contribution is -0.147. The highest BCUT2D eigenvalue weighted by atomic mass is 16.5. The summed E-state index contributed by atoms with van der Waals surface area (Å²) in [6.07, 6.45) is 0.669. The number of ether oxygens (including phenoxy) is 3. The van der Waals surface area contributed by atoms with E-state index in [9.17, 15) is 24.0 Å². The summed E-state index contributed by atoms with van der Waals surface area (Å²) >= 11 is 0. The van der Waals surface area contributed by atoms with Crippen molar-refractivity contribution >= 4 is 35.3 Å². The standard InChI is InChI=1S/C30H27NO8/c1-2-16-37-28(34)22-8-12-24(13-9-22)31-18-23(17-27(31)33)29(35)38-19-26(32)20-10-14-25(15-11-20)39-30(36)21-6-4-3-5-7-21/h3-15,23H,2,16-19H2,1H3/t23-/m1/s1. The Morgan fingerprint density at radius 1 is 0.795 bits per heavy atom. The first-order valence-corrected chi connectivity index (χ1v) is 12.5. The number of anilines is 1. The van der Waals surface area contributed by atoms with Gasteiger partial charge in [-0.1, -0.05) is 25.1 Å². The summed E-state index contributed by atoms with van der Waals surface area (Å²) in [6, 6.07) is 20.8. The third kappa shape index (κ3) is 6.95. The van der Waals surface area contributed by atoms with Crippen molar-refractivity contribution in [2.45, 2.75) is 19.8 Å². The molecule has 0 unspecified atom stereocenters. The summed E-state index contributed by atoms with van der Waals surface area (Å²) in [6.45, 7) is 1.85. The van der Waals surface area contributed by atoms with Gasteiger partial charge in [-0.3, -0.25) is 14.4 Å². The summed E-state index contributed by atoms with van der Waals surface area (Å²) in [5.41, 5.74) is 1.60. The largest absolute Gasteiger partial charge is 0.462 e. The van der Waals surface area contributed by atoms with E-state index in [2.05, 4.69) is 0 Å². The number of carbonyl (C=O) groups is 5. The van der Waals surface area contributed by atoms with E-state index >= 15 is 0 Å². The quantitative estimate of drug-likeness (QED) is 0.217. The van der Waals surface area contributed by atoms with E-state index in [-0.39, 0.29) is 30.2 Å². The third-order valence-corrected chi connectivity index (χ3v) is 6.05. The molecule has 4 rings (SSSR count). The second kappa shape index (κ2) is 12.6. The molecule has 0 N–H and O–H groups in total. The monoisotopic (exact) mass is 529 g/mol. The minimum absolute atomic E-state index is 0.0468. The second-order valence-corrected chi connectivity index (χ2v) is 8.90. The molecule has 39 heavy (non-hydrogen) atoms. The average Bonchev–Trinajstić information content (AvgIpc) is 3.36. The Morgan fingerprint density at radius 2 is 1.44 bits per heavy atom. The van der Waals surface area contributed by atoms with Crippen molar-refractivity contribution in [3.05, 3.63) is 95.6 Å². The van der Waals surface area contributed by atoms with Crippen molar-refractivity contribution in [3.8, 4) is 5.75 Å². The van der Waals surface area contributed by atoms with Gasteiger partial charge >= 0.3 is 17.9 Å². The lowest BCUT2D eigenvalue weighted by atomic mass is 10.1. The SMILES string of the molecule is CCCOC(=O)c1ccc(N2C[C@H](C(=O)OCC(=O)c3ccc(OC(=O)c4ccccc4)cc3)CC2=O)cc1. The van der Waals surface area contributed by atoms with Gasteiger partial charge < -0.3 is 19.1 Å². The molecule has 1 saturated heterocycles. The summed E-state index contributed by atoms with van der Waals surface area (Å²) in [5.74, 6) is -2.75. The predicted octanol–water partition coefficient (Wildman–Crippen LogP) is 4.25. The Balaban J connectivity index is 1.27. The molecule has 1 fully saturated rings. The van der Waals surface area contributed by atoms with Crippen molar-refractivity contribution in [1.82, 2.24) is 0 Å². The van der Waals surface area contributed by atoms with E-state index in [1.807, 2.05) is 6.92 Å². The lowest BCUT2D eigenvalue weighted by Crippen LogP contribution is -2.27. The zero-order valence-corrected chi connectivity index (χ0v) is 21.3. The molecular weight excluding hydrogens is 502 g/mol. The number of Topliss-reactive ketones (excluding diaryl/α,β-unsaturated/α-hetero) is 1. The minimum Gasteiger partial charge on any atom is -0.462 e. The fraction of sp³-hybridized carbons (Fsp3) is 0.233. The Labute approximate surface area is 225 Å². The molecule has 0 aromatic heterocycles. The predicted molar refractivity (Wildman–Crippen MR) is 141 cm³/mol. The van der Waals surface area contributed by atoms with Gasteiger partial charge in [-0.2, -0.15) is 0 Å². The molecule has 200 valence electrons. The molecule has 9 nitrogen and oxygen atoms in total. The van der Waals surface area contributed by atoms with Crippen LogP contribution in [0.4, 0.5) is 5.69 Å². The first-order chi connectivity index (χ1) is 18.9. The van der Waals surface area contributed by atoms with Crippen LogP contribution in [0.5, 0.6) is 5.75 Å². The highest BCUT2D eigenvalue weighted by molar-refractivity contribution is 6.01. The normalized spacial score (nSPS) is 14.5. The number of hydrogen-bond acceptors (Lipinski definition) is 8. The molecule has 1 atom stereocenters. The number of nitrogens with zero attached hydrogens (tertiary/aromatic N) is 1. The first-order valence-electron chi connectivity index (χ1n) is 12.5. The summed E-state index contributed by atoms with van der Waals surface area (Å²) in [4.78, 5) is 63.2. The Bertz CT molecular complexity index is 1350. The Kier molecular flexibility index (Phi) is 8.83. The highest BCUT2D eigenvalue weighted by Gasteiger charge is 2.36. The minimum atomic E-state index is -0.723. The Morgan fingerprint density at radius 3 is 2.10 bits per heavy atom. The van der Waals surface area contributed by atoms with Crippen LogP contribution in [-0.2, 0) is 19.1 Å². The smallest absolute Gasteiger partial charge is 0.343 e. The van der Waals surface area contributed by atoms with E-state index in [0.717, 1.165) is 0 Å². The van der Waals surface area contributed by atoms with Crippen LogP contribution in [0.15, 0.2) is 78.9 Å². The zero-order chi connectivity index (χ0) is 27.8. The number of rotatable bonds is 10. The van der Waals surface area contributed by atoms with E-state index in [4.69, 9.17) is 14.2 Å². The van der Waals surface area contributed by atoms with Gasteiger partial charge in [0.15, 0.2) is 12.4 Å². The van der Waals surface area contributed by atoms with Crippen LogP contribution in [0.2, 0.25) is 0 Å². The van der Waals surface area contributed by atoms with Crippen molar-refractivity contribution in [2.24, 2.45) is 5.92 Å². The highest BCUT2D eigenvalue weighted by Crippen LogP contribution is 2.26. The summed E-state index contributed by atoms with van der Waals surface area (Å²) in [5, 5.41) is 0. The van der Waals surface area contributed by atoms with Gasteiger partial charge in [-0.25, -0.2) is 9.59 Å². The van der Waals surface area contributed by atoms with Crippen molar-refractivity contribution in [3.63, 3.8) is 0 Å². The molecule has 0 saturated carbocycles. The van der Waals surface area contributed by atoms with Crippen LogP contribution in [0.3, 0.4) is 0 Å². The molecule has 0 spiro atoms. The zero-order valence-electron chi connectivity index (χ0n) is 21.3. The molecule has 9 heteroatoms. The second-order valence-electron chi connectivity index (χ2n) is 8.90. The van der Waals surface area contributed by atoms with Crippen LogP contribution in [0, 0.1) is 5.92 Å². The molecular formula is C30H27NO8. The van der Waals surface area contributed by atoms with E-state index in [1.54, 1.807) is 54.6 Å². The maximum Gasteiger partial charge on any atom is 0.343 e. The van der Waals surface area contributed by atoms with Crippen molar-refractivity contribution in [2.75, 3.05) is 24.7 Å². The third-order valence-electron chi connectivity index (χ3n) is 6.05. The molecule has 1 heterocycles. The van der Waals surface area contributed by atoms with Gasteiger partial charge in [0.25, 0.3) is 0 Å². The van der Waals surface area contributed by atoms with Crippen LogP contribution in [0.1, 0.15) is 50.8 Å². The number of carbonyl (C=O) groups excluding carboxylic acids is 5. The van der Waals surface area contributed by atoms with Crippen molar-refractivity contribution in [1.29, 1.82) is 0 Å². The van der Waals surface area contributed by atoms with Gasteiger partial charge in [-0.15, -0.1) is 0 Å². The fourth-order valence-electron chi connectivity index (χ4n) is 3.96. The van der Waals surface area contributed by atoms with Crippen LogP contribution in [0.25, 0.3) is 0 Å². The topological polar surface area (TPSA) is 116 Å². The fourth-order valence-corrected chi connectivity index (χ4v) is 3.96. The molecule has 0 aliphatic carbocycles. The van der Waals surface area contributed by atoms with E-state index < -0.39 is 36.2 Å². The number of ketones is 1. The number of esters is 3. The average molecular weight is 530 g/mol. The molecule has 1 aliphatic heterocycles. The van der Waals surface area contributed by atoms with E-state index in [1.165, 1.54) is 29.2 Å². The number of benzene rings is 3. The van der Waals surface area contributed by atoms with Crippen LogP contribution >= 0.6 is 0 Å².